The van der Waals surface area contributed by atoms with Crippen molar-refractivity contribution in [2.75, 3.05) is 20.3 Å². The quantitative estimate of drug-likeness (QED) is 0.739. The zero-order chi connectivity index (χ0) is 17.5. The molecule has 0 saturated carbocycles. The van der Waals surface area contributed by atoms with Crippen molar-refractivity contribution in [2.24, 2.45) is 0 Å². The number of carbonyl (C=O) groups is 2. The monoisotopic (exact) mass is 335 g/mol. The average molecular weight is 335 g/mol. The maximum atomic E-state index is 11.9. The molecule has 24 heavy (non-hydrogen) atoms. The van der Waals surface area contributed by atoms with Crippen LogP contribution in [0.1, 0.15) is 25.3 Å². The number of carboxylic acid groups (broad SMARTS) is 1. The molecule has 1 amide bonds. The minimum Gasteiger partial charge on any atom is -0.493 e. The highest BCUT2D eigenvalue weighted by molar-refractivity contribution is 5.94. The number of ether oxygens (including phenoxy) is 3. The summed E-state index contributed by atoms with van der Waals surface area (Å²) in [6, 6.07) is 2.57. The number of fused-ring (bicyclic) bond motifs is 1. The normalized spacial score (nSPS) is 14.2. The lowest BCUT2D eigenvalue weighted by Gasteiger charge is -2.21. The number of carboxylic acids is 1. The third-order valence-corrected chi connectivity index (χ3v) is 3.47. The second-order valence-corrected chi connectivity index (χ2v) is 5.27. The molecular weight excluding hydrogens is 314 g/mol. The highest BCUT2D eigenvalue weighted by Gasteiger charge is 2.19. The van der Waals surface area contributed by atoms with E-state index in [2.05, 4.69) is 5.32 Å². The summed E-state index contributed by atoms with van der Waals surface area (Å²) in [5.74, 6) is 0.0975. The van der Waals surface area contributed by atoms with E-state index in [0.717, 1.165) is 0 Å². The molecule has 1 aromatic rings. The molecule has 0 fully saturated rings. The number of rotatable bonds is 7. The fourth-order valence-corrected chi connectivity index (χ4v) is 2.33. The Morgan fingerprint density at radius 2 is 2.12 bits per heavy atom. The van der Waals surface area contributed by atoms with E-state index in [-0.39, 0.29) is 0 Å². The number of hydrogen-bond donors (Lipinski definition) is 2. The van der Waals surface area contributed by atoms with Crippen molar-refractivity contribution in [3.8, 4) is 17.2 Å². The number of carbonyl (C=O) groups excluding carboxylic acids is 1. The zero-order valence-electron chi connectivity index (χ0n) is 13.7. The molecule has 0 saturated heterocycles. The molecule has 0 aromatic heterocycles. The van der Waals surface area contributed by atoms with E-state index < -0.39 is 17.9 Å². The van der Waals surface area contributed by atoms with E-state index >= 15 is 0 Å². The molecule has 2 rings (SSSR count). The molecule has 1 aliphatic rings. The summed E-state index contributed by atoms with van der Waals surface area (Å²) in [6.07, 6.45) is 3.91. The molecule has 1 heterocycles. The van der Waals surface area contributed by atoms with Crippen LogP contribution >= 0.6 is 0 Å². The van der Waals surface area contributed by atoms with Crippen molar-refractivity contribution < 1.29 is 28.9 Å². The standard InChI is InChI=1S/C17H21NO6/c1-3-4-12(17(20)21)18-15(19)6-5-11-9-13(22-2)16-14(10-11)23-7-8-24-16/h5-6,9-10,12H,3-4,7-8H2,1-2H3,(H,18,19)(H,20,21). The fraction of sp³-hybridized carbons (Fsp3) is 0.412. The summed E-state index contributed by atoms with van der Waals surface area (Å²) in [5, 5.41) is 11.5. The lowest BCUT2D eigenvalue weighted by Crippen LogP contribution is -2.39. The first-order valence-corrected chi connectivity index (χ1v) is 7.74. The largest absolute Gasteiger partial charge is 0.493 e. The van der Waals surface area contributed by atoms with Gasteiger partial charge in [-0.05, 0) is 30.2 Å². The number of hydrogen-bond acceptors (Lipinski definition) is 5. The molecule has 0 bridgehead atoms. The van der Waals surface area contributed by atoms with Crippen molar-refractivity contribution in [3.63, 3.8) is 0 Å². The lowest BCUT2D eigenvalue weighted by molar-refractivity contribution is -0.141. The van der Waals surface area contributed by atoms with E-state index in [1.54, 1.807) is 18.2 Å². The van der Waals surface area contributed by atoms with Crippen LogP contribution in [-0.2, 0) is 9.59 Å². The summed E-state index contributed by atoms with van der Waals surface area (Å²) >= 11 is 0. The Morgan fingerprint density at radius 1 is 1.38 bits per heavy atom. The second-order valence-electron chi connectivity index (χ2n) is 5.27. The summed E-state index contributed by atoms with van der Waals surface area (Å²) in [7, 11) is 1.52. The zero-order valence-corrected chi connectivity index (χ0v) is 13.7. The fourth-order valence-electron chi connectivity index (χ4n) is 2.33. The highest BCUT2D eigenvalue weighted by Crippen LogP contribution is 2.40. The lowest BCUT2D eigenvalue weighted by atomic mass is 10.1. The van der Waals surface area contributed by atoms with Gasteiger partial charge in [0.25, 0.3) is 0 Å². The Balaban J connectivity index is 2.10. The van der Waals surface area contributed by atoms with Gasteiger partial charge in [-0.25, -0.2) is 4.79 Å². The van der Waals surface area contributed by atoms with Crippen LogP contribution in [0, 0.1) is 0 Å². The first kappa shape index (κ1) is 17.7. The molecule has 7 heteroatoms. The Bertz CT molecular complexity index is 623. The Kier molecular flexibility index (Phi) is 6.06. The van der Waals surface area contributed by atoms with Crippen molar-refractivity contribution in [1.82, 2.24) is 5.32 Å². The molecule has 130 valence electrons. The Hall–Kier alpha value is -2.70. The summed E-state index contributed by atoms with van der Waals surface area (Å²) < 4.78 is 16.3. The molecule has 1 aromatic carbocycles. The first-order chi connectivity index (χ1) is 11.5. The second kappa shape index (κ2) is 8.24. The van der Waals surface area contributed by atoms with Crippen LogP contribution in [0.3, 0.4) is 0 Å². The van der Waals surface area contributed by atoms with Crippen LogP contribution in [0.25, 0.3) is 6.08 Å². The van der Waals surface area contributed by atoms with E-state index in [1.165, 1.54) is 13.2 Å². The van der Waals surface area contributed by atoms with Crippen LogP contribution in [-0.4, -0.2) is 43.3 Å². The van der Waals surface area contributed by atoms with Gasteiger partial charge in [0.1, 0.15) is 19.3 Å². The number of nitrogens with one attached hydrogen (secondary N) is 1. The van der Waals surface area contributed by atoms with Crippen LogP contribution in [0.2, 0.25) is 0 Å². The smallest absolute Gasteiger partial charge is 0.326 e. The number of aliphatic carboxylic acids is 1. The molecule has 1 aliphatic heterocycles. The predicted octanol–water partition coefficient (Wildman–Crippen LogP) is 1.85. The van der Waals surface area contributed by atoms with Crippen LogP contribution < -0.4 is 19.5 Å². The minimum absolute atomic E-state index is 0.382. The molecule has 0 radical (unpaired) electrons. The van der Waals surface area contributed by atoms with Gasteiger partial charge in [-0.1, -0.05) is 13.3 Å². The molecule has 1 atom stereocenters. The van der Waals surface area contributed by atoms with Crippen LogP contribution in [0.15, 0.2) is 18.2 Å². The topological polar surface area (TPSA) is 94.1 Å². The van der Waals surface area contributed by atoms with E-state index in [4.69, 9.17) is 19.3 Å². The highest BCUT2D eigenvalue weighted by atomic mass is 16.6. The average Bonchev–Trinajstić information content (AvgIpc) is 2.58. The van der Waals surface area contributed by atoms with Gasteiger partial charge in [-0.15, -0.1) is 0 Å². The summed E-state index contributed by atoms with van der Waals surface area (Å²) in [4.78, 5) is 23.0. The van der Waals surface area contributed by atoms with Gasteiger partial charge >= 0.3 is 5.97 Å². The molecule has 2 N–H and O–H groups in total. The maximum absolute atomic E-state index is 11.9. The first-order valence-electron chi connectivity index (χ1n) is 7.74. The third-order valence-electron chi connectivity index (χ3n) is 3.47. The van der Waals surface area contributed by atoms with Crippen molar-refractivity contribution in [3.05, 3.63) is 23.8 Å². The predicted molar refractivity (Wildman–Crippen MR) is 87.5 cm³/mol. The third kappa shape index (κ3) is 4.41. The molecule has 0 spiro atoms. The van der Waals surface area contributed by atoms with Gasteiger partial charge in [0, 0.05) is 6.08 Å². The van der Waals surface area contributed by atoms with Gasteiger partial charge in [0.2, 0.25) is 11.7 Å². The summed E-state index contributed by atoms with van der Waals surface area (Å²) in [5.41, 5.74) is 0.689. The maximum Gasteiger partial charge on any atom is 0.326 e. The number of benzene rings is 1. The molecule has 7 nitrogen and oxygen atoms in total. The van der Waals surface area contributed by atoms with E-state index in [9.17, 15) is 9.59 Å². The van der Waals surface area contributed by atoms with Crippen molar-refractivity contribution in [2.45, 2.75) is 25.8 Å². The minimum atomic E-state index is -1.04. The van der Waals surface area contributed by atoms with E-state index in [0.29, 0.717) is 48.9 Å². The van der Waals surface area contributed by atoms with Crippen LogP contribution in [0.4, 0.5) is 0 Å². The number of methoxy groups -OCH3 is 1. The van der Waals surface area contributed by atoms with Gasteiger partial charge in [0.15, 0.2) is 11.5 Å². The number of amides is 1. The molecular formula is C17H21NO6. The molecule has 1 unspecified atom stereocenters. The van der Waals surface area contributed by atoms with E-state index in [1.807, 2.05) is 6.92 Å². The van der Waals surface area contributed by atoms with Gasteiger partial charge in [0.05, 0.1) is 7.11 Å². The summed E-state index contributed by atoms with van der Waals surface area (Å²) in [6.45, 7) is 2.76. The van der Waals surface area contributed by atoms with Crippen molar-refractivity contribution >= 4 is 18.0 Å². The Labute approximate surface area is 140 Å². The Morgan fingerprint density at radius 3 is 2.79 bits per heavy atom. The van der Waals surface area contributed by atoms with Gasteiger partial charge in [-0.2, -0.15) is 0 Å². The van der Waals surface area contributed by atoms with Crippen molar-refractivity contribution in [1.29, 1.82) is 0 Å². The SMILES string of the molecule is CCCC(NC(=O)C=Cc1cc(OC)c2c(c1)OCCO2)C(=O)O. The van der Waals surface area contributed by atoms with Gasteiger partial charge < -0.3 is 24.6 Å². The van der Waals surface area contributed by atoms with Crippen LogP contribution in [0.5, 0.6) is 17.2 Å². The van der Waals surface area contributed by atoms with Gasteiger partial charge in [-0.3, -0.25) is 4.79 Å². The molecule has 0 aliphatic carbocycles.